The number of amides is 2. The Labute approximate surface area is 107 Å². The van der Waals surface area contributed by atoms with E-state index in [9.17, 15) is 14.7 Å². The zero-order valence-corrected chi connectivity index (χ0v) is 11.0. The van der Waals surface area contributed by atoms with E-state index in [0.717, 1.165) is 12.8 Å². The SMILES string of the molecule is COCC(O)CCN1C(=O)C2CC(C)CC2C1=O. The second-order valence-electron chi connectivity index (χ2n) is 5.52. The standard InChI is InChI=1S/C13H21NO4/c1-8-5-10-11(6-8)13(17)14(12(10)16)4-3-9(15)7-18-2/h8-11,15H,3-7H2,1-2H3. The molecule has 1 heterocycles. The molecular weight excluding hydrogens is 234 g/mol. The number of likely N-dealkylation sites (tertiary alicyclic amines) is 1. The number of imide groups is 1. The lowest BCUT2D eigenvalue weighted by atomic mass is 10.00. The maximum absolute atomic E-state index is 12.1. The summed E-state index contributed by atoms with van der Waals surface area (Å²) in [6.07, 6.45) is 1.42. The molecular formula is C13H21NO4. The average Bonchev–Trinajstić information content (AvgIpc) is 2.79. The molecule has 1 saturated heterocycles. The number of methoxy groups -OCH3 is 1. The summed E-state index contributed by atoms with van der Waals surface area (Å²) in [7, 11) is 1.52. The van der Waals surface area contributed by atoms with Crippen molar-refractivity contribution in [1.29, 1.82) is 0 Å². The summed E-state index contributed by atoms with van der Waals surface area (Å²) in [5.74, 6) is 0.172. The van der Waals surface area contributed by atoms with E-state index in [2.05, 4.69) is 6.92 Å². The van der Waals surface area contributed by atoms with Crippen molar-refractivity contribution in [3.8, 4) is 0 Å². The van der Waals surface area contributed by atoms with Gasteiger partial charge in [-0.1, -0.05) is 6.92 Å². The summed E-state index contributed by atoms with van der Waals surface area (Å²) in [6, 6.07) is 0. The molecule has 0 aromatic carbocycles. The Balaban J connectivity index is 1.91. The molecule has 0 aromatic rings. The van der Waals surface area contributed by atoms with Gasteiger partial charge < -0.3 is 9.84 Å². The first-order valence-corrected chi connectivity index (χ1v) is 6.56. The third-order valence-corrected chi connectivity index (χ3v) is 4.01. The Morgan fingerprint density at radius 2 is 1.89 bits per heavy atom. The molecule has 0 spiro atoms. The minimum atomic E-state index is -0.616. The van der Waals surface area contributed by atoms with Crippen molar-refractivity contribution in [2.75, 3.05) is 20.3 Å². The van der Waals surface area contributed by atoms with Gasteiger partial charge in [-0.25, -0.2) is 0 Å². The second-order valence-corrected chi connectivity index (χ2v) is 5.52. The van der Waals surface area contributed by atoms with Crippen molar-refractivity contribution in [3.05, 3.63) is 0 Å². The molecule has 1 N–H and O–H groups in total. The third kappa shape index (κ3) is 2.42. The first-order valence-electron chi connectivity index (χ1n) is 6.56. The topological polar surface area (TPSA) is 66.8 Å². The van der Waals surface area contributed by atoms with Crippen LogP contribution in [0.5, 0.6) is 0 Å². The molecule has 0 aromatic heterocycles. The van der Waals surface area contributed by atoms with E-state index in [4.69, 9.17) is 4.74 Å². The van der Waals surface area contributed by atoms with Gasteiger partial charge in [-0.3, -0.25) is 14.5 Å². The first kappa shape index (κ1) is 13.5. The molecule has 3 unspecified atom stereocenters. The number of fused-ring (bicyclic) bond motifs is 1. The normalized spacial score (nSPS) is 33.1. The van der Waals surface area contributed by atoms with Gasteiger partial charge in [0.1, 0.15) is 0 Å². The van der Waals surface area contributed by atoms with Crippen molar-refractivity contribution in [2.24, 2.45) is 17.8 Å². The van der Waals surface area contributed by atoms with Crippen molar-refractivity contribution in [2.45, 2.75) is 32.3 Å². The molecule has 0 bridgehead atoms. The van der Waals surface area contributed by atoms with E-state index in [1.54, 1.807) is 0 Å². The van der Waals surface area contributed by atoms with Crippen LogP contribution in [0.1, 0.15) is 26.2 Å². The number of aliphatic hydroxyl groups is 1. The quantitative estimate of drug-likeness (QED) is 0.723. The van der Waals surface area contributed by atoms with Crippen molar-refractivity contribution < 1.29 is 19.4 Å². The number of ether oxygens (including phenoxy) is 1. The van der Waals surface area contributed by atoms with Gasteiger partial charge in [-0.2, -0.15) is 0 Å². The molecule has 3 atom stereocenters. The summed E-state index contributed by atoms with van der Waals surface area (Å²) >= 11 is 0. The van der Waals surface area contributed by atoms with E-state index in [1.807, 2.05) is 0 Å². The fourth-order valence-corrected chi connectivity index (χ4v) is 3.12. The van der Waals surface area contributed by atoms with Gasteiger partial charge in [0.05, 0.1) is 24.5 Å². The summed E-state index contributed by atoms with van der Waals surface area (Å²) in [4.78, 5) is 25.5. The lowest BCUT2D eigenvalue weighted by molar-refractivity contribution is -0.140. The number of hydrogen-bond donors (Lipinski definition) is 1. The van der Waals surface area contributed by atoms with Crippen molar-refractivity contribution in [1.82, 2.24) is 4.90 Å². The number of rotatable bonds is 5. The number of hydrogen-bond acceptors (Lipinski definition) is 4. The second kappa shape index (κ2) is 5.36. The van der Waals surface area contributed by atoms with E-state index < -0.39 is 6.10 Å². The monoisotopic (exact) mass is 255 g/mol. The lowest BCUT2D eigenvalue weighted by Gasteiger charge is -2.18. The van der Waals surface area contributed by atoms with E-state index in [0.29, 0.717) is 18.9 Å². The van der Waals surface area contributed by atoms with Crippen LogP contribution in [-0.2, 0) is 14.3 Å². The molecule has 18 heavy (non-hydrogen) atoms. The van der Waals surface area contributed by atoms with Gasteiger partial charge in [0.2, 0.25) is 11.8 Å². The van der Waals surface area contributed by atoms with Crippen LogP contribution >= 0.6 is 0 Å². The maximum Gasteiger partial charge on any atom is 0.233 e. The highest BCUT2D eigenvalue weighted by Gasteiger charge is 2.51. The van der Waals surface area contributed by atoms with Crippen LogP contribution in [0.2, 0.25) is 0 Å². The lowest BCUT2D eigenvalue weighted by Crippen LogP contribution is -2.35. The molecule has 0 radical (unpaired) electrons. The molecule has 2 rings (SSSR count). The van der Waals surface area contributed by atoms with Gasteiger partial charge in [-0.05, 0) is 25.2 Å². The summed E-state index contributed by atoms with van der Waals surface area (Å²) in [5, 5.41) is 9.55. The Hall–Kier alpha value is -0.940. The highest BCUT2D eigenvalue weighted by molar-refractivity contribution is 6.05. The Kier molecular flexibility index (Phi) is 4.02. The van der Waals surface area contributed by atoms with Gasteiger partial charge in [0.25, 0.3) is 0 Å². The molecule has 5 nitrogen and oxygen atoms in total. The highest BCUT2D eigenvalue weighted by Crippen LogP contribution is 2.42. The number of nitrogens with zero attached hydrogens (tertiary/aromatic N) is 1. The van der Waals surface area contributed by atoms with Crippen LogP contribution < -0.4 is 0 Å². The predicted molar refractivity (Wildman–Crippen MR) is 64.6 cm³/mol. The van der Waals surface area contributed by atoms with Gasteiger partial charge in [-0.15, -0.1) is 0 Å². The Morgan fingerprint density at radius 3 is 2.39 bits per heavy atom. The molecule has 1 saturated carbocycles. The highest BCUT2D eigenvalue weighted by atomic mass is 16.5. The minimum Gasteiger partial charge on any atom is -0.391 e. The van der Waals surface area contributed by atoms with Gasteiger partial charge >= 0.3 is 0 Å². The molecule has 2 aliphatic rings. The van der Waals surface area contributed by atoms with Crippen LogP contribution in [0, 0.1) is 17.8 Å². The molecule has 2 amide bonds. The summed E-state index contributed by atoms with van der Waals surface area (Å²) in [6.45, 7) is 2.63. The zero-order chi connectivity index (χ0) is 13.3. The van der Waals surface area contributed by atoms with Crippen LogP contribution in [0.25, 0.3) is 0 Å². The number of carbonyl (C=O) groups is 2. The van der Waals surface area contributed by atoms with Crippen molar-refractivity contribution in [3.63, 3.8) is 0 Å². The van der Waals surface area contributed by atoms with E-state index >= 15 is 0 Å². The maximum atomic E-state index is 12.1. The summed E-state index contributed by atoms with van der Waals surface area (Å²) in [5.41, 5.74) is 0. The van der Waals surface area contributed by atoms with Crippen molar-refractivity contribution >= 4 is 11.8 Å². The van der Waals surface area contributed by atoms with Gasteiger partial charge in [0.15, 0.2) is 0 Å². The van der Waals surface area contributed by atoms with Crippen LogP contribution in [0.15, 0.2) is 0 Å². The molecule has 2 fully saturated rings. The smallest absolute Gasteiger partial charge is 0.233 e. The van der Waals surface area contributed by atoms with E-state index in [-0.39, 0.29) is 30.3 Å². The number of aliphatic hydroxyl groups excluding tert-OH is 1. The Bertz CT molecular complexity index is 320. The average molecular weight is 255 g/mol. The largest absolute Gasteiger partial charge is 0.391 e. The van der Waals surface area contributed by atoms with Crippen LogP contribution in [0.3, 0.4) is 0 Å². The molecule has 1 aliphatic heterocycles. The predicted octanol–water partition coefficient (Wildman–Crippen LogP) is 0.415. The minimum absolute atomic E-state index is 0.0426. The molecule has 1 aliphatic carbocycles. The third-order valence-electron chi connectivity index (χ3n) is 4.01. The molecule has 102 valence electrons. The fraction of sp³-hybridized carbons (Fsp3) is 0.846. The van der Waals surface area contributed by atoms with Crippen LogP contribution in [-0.4, -0.2) is 48.2 Å². The molecule has 5 heteroatoms. The van der Waals surface area contributed by atoms with Gasteiger partial charge in [0, 0.05) is 13.7 Å². The summed E-state index contributed by atoms with van der Waals surface area (Å²) < 4.78 is 4.82. The Morgan fingerprint density at radius 1 is 1.33 bits per heavy atom. The zero-order valence-electron chi connectivity index (χ0n) is 11.0. The van der Waals surface area contributed by atoms with E-state index in [1.165, 1.54) is 12.0 Å². The van der Waals surface area contributed by atoms with Crippen LogP contribution in [0.4, 0.5) is 0 Å². The first-order chi connectivity index (χ1) is 8.54. The number of carbonyl (C=O) groups excluding carboxylic acids is 2. The fourth-order valence-electron chi connectivity index (χ4n) is 3.12.